The molecule has 2 aromatic rings. The molecule has 0 aromatic carbocycles. The first-order valence-corrected chi connectivity index (χ1v) is 6.44. The molecule has 0 saturated heterocycles. The Kier molecular flexibility index (Phi) is 4.61. The van der Waals surface area contributed by atoms with Crippen molar-refractivity contribution in [2.45, 2.75) is 6.42 Å². The number of aliphatic hydroxyl groups excluding tert-OH is 1. The summed E-state index contributed by atoms with van der Waals surface area (Å²) in [7, 11) is 0. The summed E-state index contributed by atoms with van der Waals surface area (Å²) in [6.45, 7) is 0.0364. The van der Waals surface area contributed by atoms with E-state index in [0.29, 0.717) is 22.8 Å². The van der Waals surface area contributed by atoms with E-state index in [-0.39, 0.29) is 12.5 Å². The number of nitrogens with zero attached hydrogens (tertiary/aromatic N) is 2. The Morgan fingerprint density at radius 3 is 2.95 bits per heavy atom. The van der Waals surface area contributed by atoms with Gasteiger partial charge in [-0.1, -0.05) is 11.8 Å². The fourth-order valence-corrected chi connectivity index (χ4v) is 1.79. The van der Waals surface area contributed by atoms with Gasteiger partial charge in [0.2, 0.25) is 0 Å². The van der Waals surface area contributed by atoms with Crippen LogP contribution in [-0.4, -0.2) is 27.6 Å². The lowest BCUT2D eigenvalue weighted by Gasteiger charge is -2.00. The number of carbonyl (C=O) groups excluding carboxylic acids is 1. The average Bonchev–Trinajstić information content (AvgIpc) is 2.93. The molecule has 2 rings (SSSR count). The lowest BCUT2D eigenvalue weighted by atomic mass is 10.2. The lowest BCUT2D eigenvalue weighted by molar-refractivity contribution is 0.102. The number of pyridine rings is 1. The van der Waals surface area contributed by atoms with Crippen LogP contribution in [-0.2, 0) is 0 Å². The van der Waals surface area contributed by atoms with E-state index in [0.717, 1.165) is 0 Å². The highest BCUT2D eigenvalue weighted by Crippen LogP contribution is 2.11. The van der Waals surface area contributed by atoms with Crippen LogP contribution in [0.1, 0.15) is 22.5 Å². The highest BCUT2D eigenvalue weighted by Gasteiger charge is 2.08. The van der Waals surface area contributed by atoms with Crippen molar-refractivity contribution in [2.24, 2.45) is 0 Å². The molecular formula is C13H11N3O2S. The minimum Gasteiger partial charge on any atom is -0.395 e. The number of anilines is 1. The summed E-state index contributed by atoms with van der Waals surface area (Å²) in [5, 5.41) is 13.6. The Labute approximate surface area is 114 Å². The van der Waals surface area contributed by atoms with Gasteiger partial charge < -0.3 is 5.11 Å². The third-order valence-electron chi connectivity index (χ3n) is 2.12. The van der Waals surface area contributed by atoms with Crippen molar-refractivity contribution >= 4 is 22.4 Å². The topological polar surface area (TPSA) is 75.1 Å². The number of aromatic nitrogens is 2. The summed E-state index contributed by atoms with van der Waals surface area (Å²) in [6, 6.07) is 3.32. The van der Waals surface area contributed by atoms with Crippen LogP contribution < -0.4 is 5.32 Å². The van der Waals surface area contributed by atoms with Gasteiger partial charge in [-0.2, -0.15) is 0 Å². The Morgan fingerprint density at radius 2 is 2.32 bits per heavy atom. The number of carbonyl (C=O) groups is 1. The molecule has 96 valence electrons. The lowest BCUT2D eigenvalue weighted by Crippen LogP contribution is -2.13. The van der Waals surface area contributed by atoms with E-state index in [2.05, 4.69) is 27.1 Å². The summed E-state index contributed by atoms with van der Waals surface area (Å²) >= 11 is 1.35. The van der Waals surface area contributed by atoms with Crippen molar-refractivity contribution in [3.8, 4) is 11.8 Å². The van der Waals surface area contributed by atoms with Gasteiger partial charge in [0.1, 0.15) is 5.69 Å². The highest BCUT2D eigenvalue weighted by molar-refractivity contribution is 7.13. The predicted octanol–water partition coefficient (Wildman–Crippen LogP) is 1.52. The van der Waals surface area contributed by atoms with Crippen LogP contribution in [0.25, 0.3) is 0 Å². The summed E-state index contributed by atoms with van der Waals surface area (Å²) < 4.78 is 0. The van der Waals surface area contributed by atoms with Crippen molar-refractivity contribution in [3.05, 3.63) is 41.2 Å². The second-order valence-corrected chi connectivity index (χ2v) is 4.39. The molecule has 0 aliphatic carbocycles. The summed E-state index contributed by atoms with van der Waals surface area (Å²) in [5.41, 5.74) is 1.02. The minimum absolute atomic E-state index is 0.0364. The maximum Gasteiger partial charge on any atom is 0.276 e. The van der Waals surface area contributed by atoms with Gasteiger partial charge >= 0.3 is 0 Å². The second-order valence-electron chi connectivity index (χ2n) is 3.50. The Hall–Kier alpha value is -2.23. The first-order chi connectivity index (χ1) is 9.29. The van der Waals surface area contributed by atoms with E-state index in [1.54, 1.807) is 23.7 Å². The van der Waals surface area contributed by atoms with Crippen LogP contribution in [0.5, 0.6) is 0 Å². The summed E-state index contributed by atoms with van der Waals surface area (Å²) in [6.07, 6.45) is 3.57. The van der Waals surface area contributed by atoms with Gasteiger partial charge in [-0.3, -0.25) is 10.1 Å². The first-order valence-electron chi connectivity index (χ1n) is 5.56. The van der Waals surface area contributed by atoms with Gasteiger partial charge in [-0.15, -0.1) is 11.3 Å². The SMILES string of the molecule is O=C(Nc1nccs1)c1ccc(C#CCCO)cn1. The van der Waals surface area contributed by atoms with Gasteiger partial charge in [-0.05, 0) is 12.1 Å². The Bertz CT molecular complexity index is 597. The maximum atomic E-state index is 11.8. The van der Waals surface area contributed by atoms with Crippen LogP contribution in [0.3, 0.4) is 0 Å². The largest absolute Gasteiger partial charge is 0.395 e. The van der Waals surface area contributed by atoms with Crippen molar-refractivity contribution in [1.29, 1.82) is 0 Å². The number of hydrogen-bond donors (Lipinski definition) is 2. The smallest absolute Gasteiger partial charge is 0.276 e. The monoisotopic (exact) mass is 273 g/mol. The molecule has 1 amide bonds. The molecule has 19 heavy (non-hydrogen) atoms. The molecule has 2 heterocycles. The fraction of sp³-hybridized carbons (Fsp3) is 0.154. The number of hydrogen-bond acceptors (Lipinski definition) is 5. The minimum atomic E-state index is -0.301. The number of thiazole rings is 1. The summed E-state index contributed by atoms with van der Waals surface area (Å²) in [5.74, 6) is 5.33. The number of amides is 1. The molecule has 0 spiro atoms. The molecular weight excluding hydrogens is 262 g/mol. The first kappa shape index (κ1) is 13.2. The van der Waals surface area contributed by atoms with Crippen molar-refractivity contribution in [3.63, 3.8) is 0 Å². The van der Waals surface area contributed by atoms with Crippen LogP contribution in [0.2, 0.25) is 0 Å². The molecule has 0 unspecified atom stereocenters. The van der Waals surface area contributed by atoms with E-state index in [9.17, 15) is 4.79 Å². The van der Waals surface area contributed by atoms with Crippen molar-refractivity contribution < 1.29 is 9.90 Å². The standard InChI is InChI=1S/C13H11N3O2S/c17-7-2-1-3-10-4-5-11(15-9-10)12(18)16-13-14-6-8-19-13/h4-6,8-9,17H,2,7H2,(H,14,16,18). The molecule has 6 heteroatoms. The zero-order chi connectivity index (χ0) is 13.5. The van der Waals surface area contributed by atoms with E-state index < -0.39 is 0 Å². The van der Waals surface area contributed by atoms with E-state index in [1.807, 2.05) is 0 Å². The molecule has 0 aliphatic heterocycles. The predicted molar refractivity (Wildman–Crippen MR) is 72.9 cm³/mol. The number of rotatable bonds is 3. The average molecular weight is 273 g/mol. The normalized spacial score (nSPS) is 9.53. The van der Waals surface area contributed by atoms with Gasteiger partial charge in [0.15, 0.2) is 5.13 Å². The molecule has 5 nitrogen and oxygen atoms in total. The molecule has 0 saturated carbocycles. The van der Waals surface area contributed by atoms with Crippen LogP contribution in [0.15, 0.2) is 29.9 Å². The number of aliphatic hydroxyl groups is 1. The quantitative estimate of drug-likeness (QED) is 0.831. The number of nitrogens with one attached hydrogen (secondary N) is 1. The third-order valence-corrected chi connectivity index (χ3v) is 2.81. The van der Waals surface area contributed by atoms with Crippen molar-refractivity contribution in [1.82, 2.24) is 9.97 Å². The van der Waals surface area contributed by atoms with Gasteiger partial charge in [-0.25, -0.2) is 9.97 Å². The van der Waals surface area contributed by atoms with Crippen LogP contribution in [0, 0.1) is 11.8 Å². The van der Waals surface area contributed by atoms with Crippen LogP contribution in [0.4, 0.5) is 5.13 Å². The van der Waals surface area contributed by atoms with Gasteiger partial charge in [0.25, 0.3) is 5.91 Å². The Balaban J connectivity index is 2.02. The van der Waals surface area contributed by atoms with E-state index in [4.69, 9.17) is 5.11 Å². The van der Waals surface area contributed by atoms with Gasteiger partial charge in [0.05, 0.1) is 6.61 Å². The highest BCUT2D eigenvalue weighted by atomic mass is 32.1. The van der Waals surface area contributed by atoms with Crippen LogP contribution >= 0.6 is 11.3 Å². The zero-order valence-corrected chi connectivity index (χ0v) is 10.8. The molecule has 2 N–H and O–H groups in total. The molecule has 0 atom stereocenters. The second kappa shape index (κ2) is 6.64. The fourth-order valence-electron chi connectivity index (χ4n) is 1.27. The molecule has 2 aromatic heterocycles. The zero-order valence-electron chi connectivity index (χ0n) is 9.96. The van der Waals surface area contributed by atoms with Gasteiger partial charge in [0, 0.05) is 29.8 Å². The van der Waals surface area contributed by atoms with Crippen molar-refractivity contribution in [2.75, 3.05) is 11.9 Å². The molecule has 0 bridgehead atoms. The van der Waals surface area contributed by atoms with E-state index in [1.165, 1.54) is 17.5 Å². The van der Waals surface area contributed by atoms with E-state index >= 15 is 0 Å². The Morgan fingerprint density at radius 1 is 1.42 bits per heavy atom. The third kappa shape index (κ3) is 3.88. The molecule has 0 radical (unpaired) electrons. The molecule has 0 aliphatic rings. The summed E-state index contributed by atoms with van der Waals surface area (Å²) in [4.78, 5) is 19.8. The molecule has 0 fully saturated rings. The maximum absolute atomic E-state index is 11.8.